The molecule has 7 heteroatoms. The van der Waals surface area contributed by atoms with Crippen molar-refractivity contribution in [3.05, 3.63) is 74.9 Å². The van der Waals surface area contributed by atoms with E-state index in [-0.39, 0.29) is 5.56 Å². The second kappa shape index (κ2) is 9.69. The summed E-state index contributed by atoms with van der Waals surface area (Å²) in [5, 5.41) is 4.06. The van der Waals surface area contributed by atoms with Crippen LogP contribution in [0, 0.1) is 6.92 Å². The number of rotatable bonds is 8. The Labute approximate surface area is 188 Å². The highest BCUT2D eigenvalue weighted by Gasteiger charge is 2.13. The molecule has 0 unspecified atom stereocenters. The zero-order chi connectivity index (χ0) is 20.9. The first-order chi connectivity index (χ1) is 14.6. The van der Waals surface area contributed by atoms with E-state index in [1.165, 1.54) is 16.9 Å². The molecular weight excluding hydrogens is 436 g/mol. The minimum absolute atomic E-state index is 0.0783. The number of thioether (sulfide) groups is 1. The van der Waals surface area contributed by atoms with Crippen LogP contribution in [0.25, 0.3) is 21.3 Å². The highest BCUT2D eigenvalue weighted by atomic mass is 35.5. The molecule has 0 aliphatic rings. The fourth-order valence-electron chi connectivity index (χ4n) is 3.04. The molecular formula is C23H21ClN2O2S2. The Morgan fingerprint density at radius 1 is 1.10 bits per heavy atom. The van der Waals surface area contributed by atoms with Crippen molar-refractivity contribution in [2.45, 2.75) is 24.9 Å². The molecule has 0 amide bonds. The molecule has 0 spiro atoms. The predicted molar refractivity (Wildman–Crippen MR) is 127 cm³/mol. The van der Waals surface area contributed by atoms with Crippen molar-refractivity contribution in [3.8, 4) is 16.9 Å². The maximum atomic E-state index is 12.7. The van der Waals surface area contributed by atoms with E-state index in [4.69, 9.17) is 16.3 Å². The van der Waals surface area contributed by atoms with Gasteiger partial charge in [-0.05, 0) is 49.6 Å². The second-order valence-corrected chi connectivity index (χ2v) is 9.30. The minimum Gasteiger partial charge on any atom is -0.494 e. The quantitative estimate of drug-likeness (QED) is 0.185. The molecule has 0 atom stereocenters. The number of fused-ring (bicyclic) bond motifs is 1. The average molecular weight is 457 g/mol. The van der Waals surface area contributed by atoms with E-state index in [1.807, 2.05) is 41.8 Å². The molecule has 2 aromatic heterocycles. The van der Waals surface area contributed by atoms with Crippen LogP contribution >= 0.6 is 34.7 Å². The van der Waals surface area contributed by atoms with Crippen molar-refractivity contribution in [1.82, 2.24) is 9.97 Å². The molecule has 0 fully saturated rings. The van der Waals surface area contributed by atoms with Gasteiger partial charge in [0.05, 0.1) is 12.0 Å². The van der Waals surface area contributed by atoms with Crippen molar-refractivity contribution in [3.63, 3.8) is 0 Å². The van der Waals surface area contributed by atoms with Crippen LogP contribution in [0.1, 0.15) is 18.4 Å². The number of hydrogen-bond donors (Lipinski definition) is 1. The lowest BCUT2D eigenvalue weighted by Gasteiger charge is -2.06. The lowest BCUT2D eigenvalue weighted by atomic mass is 10.1. The number of hydrogen-bond acceptors (Lipinski definition) is 5. The molecule has 30 heavy (non-hydrogen) atoms. The molecule has 154 valence electrons. The highest BCUT2D eigenvalue weighted by molar-refractivity contribution is 7.99. The van der Waals surface area contributed by atoms with Crippen molar-refractivity contribution in [1.29, 1.82) is 0 Å². The zero-order valence-corrected chi connectivity index (χ0v) is 18.9. The molecule has 2 aromatic carbocycles. The van der Waals surface area contributed by atoms with Gasteiger partial charge < -0.3 is 9.72 Å². The molecule has 0 saturated carbocycles. The van der Waals surface area contributed by atoms with Gasteiger partial charge in [0.25, 0.3) is 5.56 Å². The fourth-order valence-corrected chi connectivity index (χ4v) is 5.03. The number of aromatic amines is 1. The van der Waals surface area contributed by atoms with Crippen LogP contribution < -0.4 is 10.3 Å². The maximum Gasteiger partial charge on any atom is 0.260 e. The van der Waals surface area contributed by atoms with Crippen molar-refractivity contribution < 1.29 is 4.74 Å². The monoisotopic (exact) mass is 456 g/mol. The first-order valence-corrected chi connectivity index (χ1v) is 11.9. The second-order valence-electron chi connectivity index (χ2n) is 6.92. The third-order valence-corrected chi connectivity index (χ3v) is 6.73. The largest absolute Gasteiger partial charge is 0.494 e. The summed E-state index contributed by atoms with van der Waals surface area (Å²) in [5.41, 5.74) is 3.10. The standard InChI is InChI=1S/C23H21ClN2O2S2/c1-15-4-6-16(7-5-15)19-14-30-22-20(19)21(27)25-23(26-22)29-13-3-2-12-28-18-10-8-17(24)9-11-18/h4-11,14H,2-3,12-13H2,1H3,(H,25,26,27). The van der Waals surface area contributed by atoms with Crippen LogP contribution in [-0.4, -0.2) is 22.3 Å². The fraction of sp³-hybridized carbons (Fsp3) is 0.217. The molecule has 0 saturated heterocycles. The number of unbranched alkanes of at least 4 members (excludes halogenated alkanes) is 1. The summed E-state index contributed by atoms with van der Waals surface area (Å²) in [6.07, 6.45) is 1.90. The van der Waals surface area contributed by atoms with Gasteiger partial charge in [0.15, 0.2) is 5.16 Å². The van der Waals surface area contributed by atoms with Gasteiger partial charge in [-0.1, -0.05) is 53.2 Å². The SMILES string of the molecule is Cc1ccc(-c2csc3nc(SCCCCOc4ccc(Cl)cc4)[nH]c(=O)c23)cc1. The van der Waals surface area contributed by atoms with Crippen molar-refractivity contribution >= 4 is 44.9 Å². The first kappa shape index (κ1) is 21.0. The number of nitrogens with one attached hydrogen (secondary N) is 1. The van der Waals surface area contributed by atoms with Crippen LogP contribution in [0.15, 0.2) is 63.9 Å². The Balaban J connectivity index is 1.33. The summed E-state index contributed by atoms with van der Waals surface area (Å²) in [6.45, 7) is 2.70. The third kappa shape index (κ3) is 5.06. The van der Waals surface area contributed by atoms with E-state index in [1.54, 1.807) is 11.8 Å². The summed E-state index contributed by atoms with van der Waals surface area (Å²) < 4.78 is 5.70. The van der Waals surface area contributed by atoms with Crippen LogP contribution in [-0.2, 0) is 0 Å². The van der Waals surface area contributed by atoms with E-state index in [9.17, 15) is 4.79 Å². The Kier molecular flexibility index (Phi) is 6.77. The molecule has 4 aromatic rings. The number of H-pyrrole nitrogens is 1. The third-order valence-electron chi connectivity index (χ3n) is 4.64. The van der Waals surface area contributed by atoms with Gasteiger partial charge in [-0.2, -0.15) is 0 Å². The van der Waals surface area contributed by atoms with Crippen LogP contribution in [0.4, 0.5) is 0 Å². The van der Waals surface area contributed by atoms with Gasteiger partial charge in [0.2, 0.25) is 0 Å². The Hall–Kier alpha value is -2.28. The zero-order valence-electron chi connectivity index (χ0n) is 16.5. The molecule has 0 radical (unpaired) electrons. The Morgan fingerprint density at radius 2 is 1.87 bits per heavy atom. The summed E-state index contributed by atoms with van der Waals surface area (Å²) >= 11 is 8.95. The van der Waals surface area contributed by atoms with E-state index in [2.05, 4.69) is 29.0 Å². The summed E-state index contributed by atoms with van der Waals surface area (Å²) in [6, 6.07) is 15.6. The summed E-state index contributed by atoms with van der Waals surface area (Å²) in [4.78, 5) is 21.1. The molecule has 0 bridgehead atoms. The number of aromatic nitrogens is 2. The maximum absolute atomic E-state index is 12.7. The van der Waals surface area contributed by atoms with E-state index >= 15 is 0 Å². The number of aryl methyl sites for hydroxylation is 1. The number of ether oxygens (including phenoxy) is 1. The smallest absolute Gasteiger partial charge is 0.260 e. The van der Waals surface area contributed by atoms with Gasteiger partial charge in [-0.15, -0.1) is 11.3 Å². The van der Waals surface area contributed by atoms with Gasteiger partial charge in [-0.3, -0.25) is 4.79 Å². The highest BCUT2D eigenvalue weighted by Crippen LogP contribution is 2.31. The predicted octanol–water partition coefficient (Wildman–Crippen LogP) is 6.56. The normalized spacial score (nSPS) is 11.1. The van der Waals surface area contributed by atoms with Gasteiger partial charge in [0, 0.05) is 21.7 Å². The Bertz CT molecular complexity index is 1180. The van der Waals surface area contributed by atoms with Gasteiger partial charge in [-0.25, -0.2) is 4.98 Å². The number of halogens is 1. The molecule has 1 N–H and O–H groups in total. The Morgan fingerprint density at radius 3 is 2.63 bits per heavy atom. The number of benzene rings is 2. The van der Waals surface area contributed by atoms with E-state index in [0.717, 1.165) is 40.3 Å². The average Bonchev–Trinajstić information content (AvgIpc) is 3.17. The minimum atomic E-state index is -0.0783. The number of thiophene rings is 1. The molecule has 4 nitrogen and oxygen atoms in total. The first-order valence-electron chi connectivity index (χ1n) is 9.70. The molecule has 4 rings (SSSR count). The molecule has 0 aliphatic carbocycles. The van der Waals surface area contributed by atoms with Crippen LogP contribution in [0.3, 0.4) is 0 Å². The van der Waals surface area contributed by atoms with Crippen molar-refractivity contribution in [2.24, 2.45) is 0 Å². The van der Waals surface area contributed by atoms with E-state index in [0.29, 0.717) is 22.2 Å². The van der Waals surface area contributed by atoms with Crippen LogP contribution in [0.5, 0.6) is 5.75 Å². The van der Waals surface area contributed by atoms with Crippen LogP contribution in [0.2, 0.25) is 5.02 Å². The molecule has 0 aliphatic heterocycles. The topological polar surface area (TPSA) is 55.0 Å². The molecule has 2 heterocycles. The summed E-state index contributed by atoms with van der Waals surface area (Å²) in [7, 11) is 0. The van der Waals surface area contributed by atoms with E-state index < -0.39 is 0 Å². The van der Waals surface area contributed by atoms with Gasteiger partial charge in [0.1, 0.15) is 10.6 Å². The van der Waals surface area contributed by atoms with Gasteiger partial charge >= 0.3 is 0 Å². The van der Waals surface area contributed by atoms with Crippen molar-refractivity contribution in [2.75, 3.05) is 12.4 Å². The lowest BCUT2D eigenvalue weighted by molar-refractivity contribution is 0.310. The number of nitrogens with zero attached hydrogens (tertiary/aromatic N) is 1. The summed E-state index contributed by atoms with van der Waals surface area (Å²) in [5.74, 6) is 1.69. The lowest BCUT2D eigenvalue weighted by Crippen LogP contribution is -2.08.